The first-order chi connectivity index (χ1) is 4.97. The van der Waals surface area contributed by atoms with Crippen LogP contribution in [0.25, 0.3) is 5.47 Å². The lowest BCUT2D eigenvalue weighted by Crippen LogP contribution is -1.91. The van der Waals surface area contributed by atoms with Crippen LogP contribution in [-0.4, -0.2) is 22.5 Å². The second-order valence-corrected chi connectivity index (χ2v) is 2.16. The quantitative estimate of drug-likeness (QED) is 0.549. The Bertz CT molecular complexity index is 273. The monoisotopic (exact) mass is 131 g/mol. The van der Waals surface area contributed by atoms with Gasteiger partial charge in [0.25, 0.3) is 0 Å². The van der Waals surface area contributed by atoms with Gasteiger partial charge < -0.3 is 4.98 Å². The Morgan fingerprint density at radius 3 is 3.10 bits per heavy atom. The molecule has 1 aliphatic heterocycles. The van der Waals surface area contributed by atoms with Gasteiger partial charge in [-0.05, 0) is 5.47 Å². The molecule has 1 N–H and O–H groups in total. The third kappa shape index (κ3) is 0.776. The smallest absolute Gasteiger partial charge is 0.187 e. The molecule has 1 aromatic rings. The average Bonchev–Trinajstić information content (AvgIpc) is 2.59. The Morgan fingerprint density at radius 1 is 1.50 bits per heavy atom. The van der Waals surface area contributed by atoms with Gasteiger partial charge in [0.1, 0.15) is 12.2 Å². The maximum absolute atomic E-state index is 3.88. The van der Waals surface area contributed by atoms with Crippen LogP contribution in [0.2, 0.25) is 0 Å². The summed E-state index contributed by atoms with van der Waals surface area (Å²) < 4.78 is 0. The molecule has 0 saturated heterocycles. The fourth-order valence-corrected chi connectivity index (χ4v) is 0.985. The van der Waals surface area contributed by atoms with Crippen LogP contribution in [-0.2, 0) is 0 Å². The molecular weight excluding hydrogens is 125 g/mol. The number of rotatable bonds is 1. The number of hydrogen-bond acceptors (Lipinski definition) is 2. The number of hydrogen-bond donors (Lipinski definition) is 1. The summed E-state index contributed by atoms with van der Waals surface area (Å²) in [5.74, 6) is 2.97. The fraction of sp³-hybridized carbons (Fsp3) is 0. The first-order valence-electron chi connectivity index (χ1n) is 3.19. The van der Waals surface area contributed by atoms with Crippen molar-refractivity contribution in [1.82, 2.24) is 15.2 Å². The number of nitrogens with one attached hydrogen (secondary N) is 1. The zero-order valence-electron chi connectivity index (χ0n) is 5.41. The molecule has 10 heavy (non-hydrogen) atoms. The van der Waals surface area contributed by atoms with E-state index in [9.17, 15) is 0 Å². The Morgan fingerprint density at radius 2 is 2.50 bits per heavy atom. The molecule has 0 bridgehead atoms. The summed E-state index contributed by atoms with van der Waals surface area (Å²) in [7, 11) is 0.967. The molecule has 0 radical (unpaired) electrons. The van der Waals surface area contributed by atoms with E-state index in [-0.39, 0.29) is 0 Å². The van der Waals surface area contributed by atoms with E-state index in [0.29, 0.717) is 0 Å². The highest BCUT2D eigenvalue weighted by Gasteiger charge is 2.05. The molecule has 1 aromatic heterocycles. The normalized spacial score (nSPS) is 15.0. The minimum atomic E-state index is 0.880. The Balaban J connectivity index is 2.30. The summed E-state index contributed by atoms with van der Waals surface area (Å²) in [6.45, 7) is 0. The Labute approximate surface area is 59.1 Å². The fourth-order valence-electron chi connectivity index (χ4n) is 0.985. The highest BCUT2D eigenvalue weighted by atomic mass is 15.2. The highest BCUT2D eigenvalue weighted by Crippen LogP contribution is 2.10. The van der Waals surface area contributed by atoms with Crippen molar-refractivity contribution in [1.29, 1.82) is 0 Å². The maximum atomic E-state index is 3.88. The second kappa shape index (κ2) is 2.13. The van der Waals surface area contributed by atoms with E-state index in [0.717, 1.165) is 13.1 Å². The van der Waals surface area contributed by atoms with Crippen LogP contribution in [0, 0.1) is 0 Å². The molecule has 2 heterocycles. The van der Waals surface area contributed by atoms with Crippen molar-refractivity contribution in [3.8, 4) is 0 Å². The van der Waals surface area contributed by atoms with Gasteiger partial charge in [-0.3, -0.25) is 0 Å². The van der Waals surface area contributed by atoms with Crippen molar-refractivity contribution < 1.29 is 0 Å². The molecule has 0 fully saturated rings. The summed E-state index contributed by atoms with van der Waals surface area (Å²) in [5.41, 5.74) is 1.21. The van der Waals surface area contributed by atoms with Crippen LogP contribution in [0.5, 0.6) is 0 Å². The number of aromatic nitrogens is 3. The number of H-pyrrole nitrogens is 1. The van der Waals surface area contributed by atoms with E-state index in [4.69, 9.17) is 0 Å². The standard InChI is InChI=1S/C6H6BN3/c1-2-5(7-3-1)6-8-4-9-10-6/h1-4,7H,(H,8,9,10). The summed E-state index contributed by atoms with van der Waals surface area (Å²) in [6.07, 6.45) is 5.66. The third-order valence-electron chi connectivity index (χ3n) is 1.49. The molecule has 0 saturated carbocycles. The molecule has 0 unspecified atom stereocenters. The predicted molar refractivity (Wildman–Crippen MR) is 40.6 cm³/mol. The summed E-state index contributed by atoms with van der Waals surface area (Å²) >= 11 is 0. The van der Waals surface area contributed by atoms with Gasteiger partial charge in [0.05, 0.1) is 0 Å². The van der Waals surface area contributed by atoms with E-state index in [1.54, 1.807) is 6.33 Å². The van der Waals surface area contributed by atoms with E-state index in [1.165, 1.54) is 5.47 Å². The predicted octanol–water partition coefficient (Wildman–Crippen LogP) is 0.109. The number of allylic oxidation sites excluding steroid dienone is 2. The van der Waals surface area contributed by atoms with E-state index in [1.807, 2.05) is 12.2 Å². The molecule has 1 aliphatic rings. The van der Waals surface area contributed by atoms with Gasteiger partial charge in [-0.1, -0.05) is 12.2 Å². The lowest BCUT2D eigenvalue weighted by Gasteiger charge is -1.89. The molecular formula is C6H6BN3. The van der Waals surface area contributed by atoms with Gasteiger partial charge in [0, 0.05) is 0 Å². The van der Waals surface area contributed by atoms with Gasteiger partial charge in [0.15, 0.2) is 7.28 Å². The largest absolute Gasteiger partial charge is 0.329 e. The second-order valence-electron chi connectivity index (χ2n) is 2.16. The zero-order valence-corrected chi connectivity index (χ0v) is 5.41. The minimum Gasteiger partial charge on any atom is -0.329 e. The maximum Gasteiger partial charge on any atom is 0.187 e. The molecule has 3 nitrogen and oxygen atoms in total. The van der Waals surface area contributed by atoms with Crippen molar-refractivity contribution in [2.24, 2.45) is 0 Å². The molecule has 0 aliphatic carbocycles. The van der Waals surface area contributed by atoms with Crippen molar-refractivity contribution in [2.75, 3.05) is 0 Å². The van der Waals surface area contributed by atoms with Gasteiger partial charge in [-0.15, -0.1) is 16.2 Å². The zero-order chi connectivity index (χ0) is 6.81. The van der Waals surface area contributed by atoms with Crippen LogP contribution >= 0.6 is 0 Å². The minimum absolute atomic E-state index is 0.880. The molecule has 0 amide bonds. The topological polar surface area (TPSA) is 41.6 Å². The van der Waals surface area contributed by atoms with Crippen LogP contribution < -0.4 is 0 Å². The lowest BCUT2D eigenvalue weighted by atomic mass is 9.73. The lowest BCUT2D eigenvalue weighted by molar-refractivity contribution is 1.08. The average molecular weight is 131 g/mol. The van der Waals surface area contributed by atoms with Crippen molar-refractivity contribution in [2.45, 2.75) is 0 Å². The Hall–Kier alpha value is -1.32. The first-order valence-corrected chi connectivity index (χ1v) is 3.19. The van der Waals surface area contributed by atoms with Gasteiger partial charge in [0.2, 0.25) is 0 Å². The third-order valence-corrected chi connectivity index (χ3v) is 1.49. The van der Waals surface area contributed by atoms with Crippen LogP contribution in [0.3, 0.4) is 0 Å². The van der Waals surface area contributed by atoms with Crippen LogP contribution in [0.4, 0.5) is 0 Å². The van der Waals surface area contributed by atoms with Gasteiger partial charge in [-0.2, -0.15) is 0 Å². The van der Waals surface area contributed by atoms with Gasteiger partial charge in [-0.25, -0.2) is 0 Å². The van der Waals surface area contributed by atoms with Crippen molar-refractivity contribution in [3.05, 3.63) is 30.3 Å². The molecule has 0 spiro atoms. The number of nitrogens with zero attached hydrogens (tertiary/aromatic N) is 2. The summed E-state index contributed by atoms with van der Waals surface area (Å²) in [5, 5.41) is 7.58. The van der Waals surface area contributed by atoms with E-state index >= 15 is 0 Å². The van der Waals surface area contributed by atoms with Crippen LogP contribution in [0.15, 0.2) is 24.5 Å². The van der Waals surface area contributed by atoms with Gasteiger partial charge >= 0.3 is 0 Å². The van der Waals surface area contributed by atoms with Crippen LogP contribution in [0.1, 0.15) is 5.82 Å². The first kappa shape index (κ1) is 5.47. The highest BCUT2D eigenvalue weighted by molar-refractivity contribution is 6.66. The molecule has 2 rings (SSSR count). The molecule has 4 heteroatoms. The SMILES string of the molecule is B1C=CC=C1c1nnc[nH]1. The molecule has 0 atom stereocenters. The van der Waals surface area contributed by atoms with Crippen molar-refractivity contribution in [3.63, 3.8) is 0 Å². The number of aromatic amines is 1. The van der Waals surface area contributed by atoms with E-state index in [2.05, 4.69) is 21.2 Å². The van der Waals surface area contributed by atoms with E-state index < -0.39 is 0 Å². The Kier molecular flexibility index (Phi) is 1.17. The summed E-state index contributed by atoms with van der Waals surface area (Å²) in [4.78, 5) is 2.95. The van der Waals surface area contributed by atoms with Crippen molar-refractivity contribution >= 4 is 12.8 Å². The molecule has 0 aromatic carbocycles. The molecule has 48 valence electrons. The summed E-state index contributed by atoms with van der Waals surface area (Å²) in [6, 6.07) is 0.